The molecule has 2 heterocycles. The molecule has 0 aliphatic carbocycles. The second-order valence-electron chi connectivity index (χ2n) is 4.62. The molecule has 0 radical (unpaired) electrons. The largest absolute Gasteiger partial charge is 0.424 e. The molecule has 0 unspecified atom stereocenters. The molecule has 1 aromatic carbocycles. The molecule has 0 fully saturated rings. The Morgan fingerprint density at radius 3 is 2.70 bits per heavy atom. The number of hydrogen-bond acceptors (Lipinski definition) is 6. The van der Waals surface area contributed by atoms with Gasteiger partial charge in [0.25, 0.3) is 0 Å². The highest BCUT2D eigenvalue weighted by Gasteiger charge is 2.07. The molecule has 118 valence electrons. The van der Waals surface area contributed by atoms with Crippen molar-refractivity contribution in [3.05, 3.63) is 53.3 Å². The number of hydrogen-bond donors (Lipinski definition) is 1. The Bertz CT molecular complexity index is 796. The van der Waals surface area contributed by atoms with Gasteiger partial charge in [-0.25, -0.2) is 9.37 Å². The van der Waals surface area contributed by atoms with E-state index in [1.54, 1.807) is 18.2 Å². The van der Waals surface area contributed by atoms with Crippen molar-refractivity contribution in [1.29, 1.82) is 0 Å². The summed E-state index contributed by atoms with van der Waals surface area (Å²) < 4.78 is 18.3. The van der Waals surface area contributed by atoms with Crippen molar-refractivity contribution in [3.8, 4) is 0 Å². The molecule has 0 saturated heterocycles. The fraction of sp³-hybridized carbons (Fsp3) is 0.200. The smallest absolute Gasteiger partial charge is 0.226 e. The van der Waals surface area contributed by atoms with Crippen LogP contribution in [0.5, 0.6) is 0 Å². The van der Waals surface area contributed by atoms with E-state index in [-0.39, 0.29) is 5.82 Å². The molecule has 6 nitrogen and oxygen atoms in total. The lowest BCUT2D eigenvalue weighted by molar-refractivity contribution is 0.470. The van der Waals surface area contributed by atoms with Crippen LogP contribution in [0.4, 0.5) is 4.39 Å². The maximum absolute atomic E-state index is 12.8. The number of aromatic nitrogens is 5. The Kier molecular flexibility index (Phi) is 4.82. The summed E-state index contributed by atoms with van der Waals surface area (Å²) in [6.07, 6.45) is 4.34. The molecule has 3 rings (SSSR count). The van der Waals surface area contributed by atoms with Crippen LogP contribution in [0.3, 0.4) is 0 Å². The number of aromatic amines is 1. The predicted molar refractivity (Wildman–Crippen MR) is 84.9 cm³/mol. The van der Waals surface area contributed by atoms with Gasteiger partial charge in [0.2, 0.25) is 16.9 Å². The molecule has 0 aliphatic rings. The van der Waals surface area contributed by atoms with Crippen molar-refractivity contribution in [2.75, 3.05) is 0 Å². The lowest BCUT2D eigenvalue weighted by atomic mass is 10.2. The minimum Gasteiger partial charge on any atom is -0.424 e. The number of nitrogens with one attached hydrogen (secondary N) is 1. The molecule has 0 aliphatic heterocycles. The summed E-state index contributed by atoms with van der Waals surface area (Å²) in [7, 11) is 0. The number of rotatable bonds is 6. The lowest BCUT2D eigenvalue weighted by Crippen LogP contribution is -1.82. The highest BCUT2D eigenvalue weighted by atomic mass is 32.2. The van der Waals surface area contributed by atoms with Gasteiger partial charge in [-0.2, -0.15) is 0 Å². The topological polar surface area (TPSA) is 80.5 Å². The van der Waals surface area contributed by atoms with Gasteiger partial charge in [0.1, 0.15) is 11.6 Å². The van der Waals surface area contributed by atoms with Crippen molar-refractivity contribution in [2.45, 2.75) is 24.3 Å². The molecule has 1 N–H and O–H groups in total. The SMILES string of the molecule is CCc1nnc(CSc2n[nH]c(/C=C/c3ccc(F)cc3)n2)o1. The van der Waals surface area contributed by atoms with E-state index >= 15 is 0 Å². The summed E-state index contributed by atoms with van der Waals surface area (Å²) in [5.74, 6) is 2.06. The number of benzene rings is 1. The maximum atomic E-state index is 12.8. The fourth-order valence-electron chi connectivity index (χ4n) is 1.76. The first-order valence-electron chi connectivity index (χ1n) is 7.03. The summed E-state index contributed by atoms with van der Waals surface area (Å²) in [4.78, 5) is 4.33. The average Bonchev–Trinajstić information content (AvgIpc) is 3.21. The fourth-order valence-corrected chi connectivity index (χ4v) is 2.40. The quantitative estimate of drug-likeness (QED) is 0.698. The van der Waals surface area contributed by atoms with Gasteiger partial charge in [0, 0.05) is 6.42 Å². The van der Waals surface area contributed by atoms with Gasteiger partial charge in [-0.1, -0.05) is 36.9 Å². The number of H-pyrrole nitrogens is 1. The van der Waals surface area contributed by atoms with Crippen molar-refractivity contribution < 1.29 is 8.81 Å². The van der Waals surface area contributed by atoms with Crippen LogP contribution >= 0.6 is 11.8 Å². The van der Waals surface area contributed by atoms with Crippen LogP contribution in [0.25, 0.3) is 12.2 Å². The Labute approximate surface area is 136 Å². The molecule has 0 atom stereocenters. The first kappa shape index (κ1) is 15.4. The molecular weight excluding hydrogens is 317 g/mol. The van der Waals surface area contributed by atoms with E-state index in [0.717, 1.165) is 12.0 Å². The van der Waals surface area contributed by atoms with Crippen molar-refractivity contribution in [1.82, 2.24) is 25.4 Å². The lowest BCUT2D eigenvalue weighted by Gasteiger charge is -1.91. The minimum absolute atomic E-state index is 0.257. The van der Waals surface area contributed by atoms with E-state index in [2.05, 4.69) is 25.4 Å². The second-order valence-corrected chi connectivity index (χ2v) is 5.56. The first-order valence-corrected chi connectivity index (χ1v) is 8.01. The van der Waals surface area contributed by atoms with Crippen LogP contribution in [0.2, 0.25) is 0 Å². The van der Waals surface area contributed by atoms with Crippen LogP contribution < -0.4 is 0 Å². The number of halogens is 1. The van der Waals surface area contributed by atoms with Gasteiger partial charge >= 0.3 is 0 Å². The molecule has 2 aromatic heterocycles. The van der Waals surface area contributed by atoms with Gasteiger partial charge < -0.3 is 4.42 Å². The highest BCUT2D eigenvalue weighted by molar-refractivity contribution is 7.98. The van der Waals surface area contributed by atoms with E-state index in [1.165, 1.54) is 23.9 Å². The predicted octanol–water partition coefficient (Wildman–Crippen LogP) is 3.35. The standard InChI is InChI=1S/C15H14FN5OS/c1-2-13-19-20-14(22-13)9-23-15-17-12(18-21-15)8-5-10-3-6-11(16)7-4-10/h3-8H,2,9H2,1H3,(H,17,18,21)/b8-5+. The molecular formula is C15H14FN5OS. The van der Waals surface area contributed by atoms with Crippen LogP contribution in [-0.4, -0.2) is 25.4 Å². The number of aryl methyl sites for hydroxylation is 1. The van der Waals surface area contributed by atoms with Gasteiger partial charge in [-0.15, -0.1) is 15.3 Å². The monoisotopic (exact) mass is 331 g/mol. The van der Waals surface area contributed by atoms with E-state index in [9.17, 15) is 4.39 Å². The van der Waals surface area contributed by atoms with Crippen LogP contribution in [0.1, 0.15) is 30.1 Å². The molecule has 0 saturated carbocycles. The van der Waals surface area contributed by atoms with Gasteiger partial charge in [0.05, 0.1) is 5.75 Å². The third kappa shape index (κ3) is 4.26. The summed E-state index contributed by atoms with van der Waals surface area (Å²) in [5, 5.41) is 15.4. The number of nitrogens with zero attached hydrogens (tertiary/aromatic N) is 4. The van der Waals surface area contributed by atoms with Gasteiger partial charge in [-0.3, -0.25) is 5.10 Å². The van der Waals surface area contributed by atoms with Crippen LogP contribution in [0.15, 0.2) is 33.8 Å². The Balaban J connectivity index is 1.58. The molecule has 8 heteroatoms. The van der Waals surface area contributed by atoms with Crippen LogP contribution in [-0.2, 0) is 12.2 Å². The van der Waals surface area contributed by atoms with E-state index in [0.29, 0.717) is 28.5 Å². The maximum Gasteiger partial charge on any atom is 0.226 e. The van der Waals surface area contributed by atoms with Crippen molar-refractivity contribution in [3.63, 3.8) is 0 Å². The Morgan fingerprint density at radius 1 is 1.17 bits per heavy atom. The second kappa shape index (κ2) is 7.19. The van der Waals surface area contributed by atoms with Crippen molar-refractivity contribution in [2.24, 2.45) is 0 Å². The van der Waals surface area contributed by atoms with Gasteiger partial charge in [-0.05, 0) is 23.8 Å². The zero-order chi connectivity index (χ0) is 16.1. The zero-order valence-corrected chi connectivity index (χ0v) is 13.2. The summed E-state index contributed by atoms with van der Waals surface area (Å²) in [5.41, 5.74) is 0.884. The summed E-state index contributed by atoms with van der Waals surface area (Å²) in [6.45, 7) is 1.96. The molecule has 3 aromatic rings. The molecule has 23 heavy (non-hydrogen) atoms. The molecule has 0 spiro atoms. The summed E-state index contributed by atoms with van der Waals surface area (Å²) in [6, 6.07) is 6.21. The Hall–Kier alpha value is -2.48. The third-order valence-electron chi connectivity index (χ3n) is 2.92. The van der Waals surface area contributed by atoms with E-state index in [1.807, 2.05) is 13.0 Å². The average molecular weight is 331 g/mol. The molecule has 0 amide bonds. The highest BCUT2D eigenvalue weighted by Crippen LogP contribution is 2.18. The minimum atomic E-state index is -0.257. The third-order valence-corrected chi connectivity index (χ3v) is 3.75. The van der Waals surface area contributed by atoms with Gasteiger partial charge in [0.15, 0.2) is 0 Å². The van der Waals surface area contributed by atoms with E-state index < -0.39 is 0 Å². The first-order chi connectivity index (χ1) is 11.2. The number of thioether (sulfide) groups is 1. The van der Waals surface area contributed by atoms with E-state index in [4.69, 9.17) is 4.42 Å². The summed E-state index contributed by atoms with van der Waals surface area (Å²) >= 11 is 1.41. The normalized spacial score (nSPS) is 11.4. The molecule has 0 bridgehead atoms. The van der Waals surface area contributed by atoms with Crippen molar-refractivity contribution >= 4 is 23.9 Å². The van der Waals surface area contributed by atoms with Crippen LogP contribution in [0, 0.1) is 5.82 Å². The Morgan fingerprint density at radius 2 is 1.96 bits per heavy atom. The zero-order valence-electron chi connectivity index (χ0n) is 12.4.